The van der Waals surface area contributed by atoms with Gasteiger partial charge in [0.15, 0.2) is 0 Å². The number of rotatable bonds is 0. The van der Waals surface area contributed by atoms with Gasteiger partial charge in [-0.3, -0.25) is 5.84 Å². The first-order chi connectivity index (χ1) is 4.29. The van der Waals surface area contributed by atoms with Crippen LogP contribution in [0.25, 0.3) is 0 Å². The highest BCUT2D eigenvalue weighted by Crippen LogP contribution is 1.96. The van der Waals surface area contributed by atoms with Gasteiger partial charge in [-0.25, -0.2) is 5.01 Å². The summed E-state index contributed by atoms with van der Waals surface area (Å²) in [4.78, 5) is 2.06. The second-order valence-corrected chi connectivity index (χ2v) is 2.38. The molecule has 0 radical (unpaired) electrons. The van der Waals surface area contributed by atoms with Gasteiger partial charge < -0.3 is 4.90 Å². The Balaban J connectivity index is 2.40. The first kappa shape index (κ1) is 6.58. The van der Waals surface area contributed by atoms with E-state index in [1.165, 1.54) is 0 Å². The van der Waals surface area contributed by atoms with E-state index in [1.54, 1.807) is 5.01 Å². The Labute approximate surface area is 55.7 Å². The number of hydrogen-bond donors (Lipinski definition) is 1. The van der Waals surface area contributed by atoms with Crippen molar-refractivity contribution in [3.63, 3.8) is 0 Å². The van der Waals surface area contributed by atoms with Crippen molar-refractivity contribution >= 4 is 0 Å². The molecule has 0 fully saturated rings. The van der Waals surface area contributed by atoms with Gasteiger partial charge in [-0.15, -0.1) is 0 Å². The van der Waals surface area contributed by atoms with Crippen molar-refractivity contribution < 1.29 is 0 Å². The molecule has 0 saturated heterocycles. The van der Waals surface area contributed by atoms with E-state index in [0.29, 0.717) is 0 Å². The van der Waals surface area contributed by atoms with E-state index in [0.717, 1.165) is 19.6 Å². The summed E-state index contributed by atoms with van der Waals surface area (Å²) in [5.41, 5.74) is 0. The molecule has 0 aromatic heterocycles. The van der Waals surface area contributed by atoms with Crippen LogP contribution in [0, 0.1) is 0 Å². The Kier molecular flexibility index (Phi) is 2.08. The van der Waals surface area contributed by atoms with E-state index >= 15 is 0 Å². The van der Waals surface area contributed by atoms with Gasteiger partial charge in [0.1, 0.15) is 0 Å². The summed E-state index contributed by atoms with van der Waals surface area (Å²) >= 11 is 0. The van der Waals surface area contributed by atoms with Crippen LogP contribution in [0.5, 0.6) is 0 Å². The maximum atomic E-state index is 5.58. The van der Waals surface area contributed by atoms with Crippen LogP contribution < -0.4 is 5.84 Å². The zero-order valence-electron chi connectivity index (χ0n) is 5.75. The van der Waals surface area contributed by atoms with Gasteiger partial charge in [0.25, 0.3) is 0 Å². The molecule has 9 heavy (non-hydrogen) atoms. The molecule has 2 N–H and O–H groups in total. The number of nitrogens with two attached hydrogens (primary N) is 1. The topological polar surface area (TPSA) is 32.5 Å². The molecule has 0 amide bonds. The van der Waals surface area contributed by atoms with Crippen LogP contribution in [-0.2, 0) is 0 Å². The zero-order chi connectivity index (χ0) is 6.69. The first-order valence-electron chi connectivity index (χ1n) is 3.15. The van der Waals surface area contributed by atoms with Crippen LogP contribution in [0.15, 0.2) is 12.3 Å². The van der Waals surface area contributed by atoms with Gasteiger partial charge in [0.2, 0.25) is 0 Å². The van der Waals surface area contributed by atoms with Gasteiger partial charge in [-0.05, 0) is 12.6 Å². The molecule has 0 aromatic carbocycles. The van der Waals surface area contributed by atoms with Crippen molar-refractivity contribution in [1.82, 2.24) is 9.91 Å². The van der Waals surface area contributed by atoms with Crippen molar-refractivity contribution in [3.05, 3.63) is 12.3 Å². The van der Waals surface area contributed by atoms with Crippen LogP contribution in [-0.4, -0.2) is 30.2 Å². The molecule has 1 aliphatic heterocycles. The highest BCUT2D eigenvalue weighted by molar-refractivity contribution is 4.83. The first-order valence-corrected chi connectivity index (χ1v) is 3.15. The molecule has 52 valence electrons. The smallest absolute Gasteiger partial charge is 0.0828 e. The molecule has 1 rings (SSSR count). The maximum Gasteiger partial charge on any atom is 0.0828 e. The standard InChI is InChI=1S/C6H13N3/c1-8-4-2-3-5-9(7)6-8/h2,4H,3,5-7H2,1H3. The molecule has 0 unspecified atom stereocenters. The highest BCUT2D eigenvalue weighted by atomic mass is 15.5. The fraction of sp³-hybridized carbons (Fsp3) is 0.667. The van der Waals surface area contributed by atoms with Crippen molar-refractivity contribution in [3.8, 4) is 0 Å². The van der Waals surface area contributed by atoms with Gasteiger partial charge >= 0.3 is 0 Å². The number of nitrogens with zero attached hydrogens (tertiary/aromatic N) is 2. The molecule has 0 saturated carbocycles. The van der Waals surface area contributed by atoms with Gasteiger partial charge in [-0.1, -0.05) is 6.08 Å². The van der Waals surface area contributed by atoms with E-state index < -0.39 is 0 Å². The minimum Gasteiger partial charge on any atom is -0.367 e. The predicted molar refractivity (Wildman–Crippen MR) is 37.3 cm³/mol. The van der Waals surface area contributed by atoms with E-state index in [2.05, 4.69) is 17.2 Å². The van der Waals surface area contributed by atoms with Crippen LogP contribution >= 0.6 is 0 Å². The van der Waals surface area contributed by atoms with Crippen LogP contribution in [0.4, 0.5) is 0 Å². The summed E-state index contributed by atoms with van der Waals surface area (Å²) in [5, 5.41) is 1.81. The van der Waals surface area contributed by atoms with E-state index in [4.69, 9.17) is 5.84 Å². The SMILES string of the molecule is CN1C=CCCN(N)C1. The summed E-state index contributed by atoms with van der Waals surface area (Å²) in [6.45, 7) is 1.79. The van der Waals surface area contributed by atoms with Crippen LogP contribution in [0.1, 0.15) is 6.42 Å². The average molecular weight is 127 g/mol. The van der Waals surface area contributed by atoms with Gasteiger partial charge in [-0.2, -0.15) is 0 Å². The number of hydrazine groups is 1. The van der Waals surface area contributed by atoms with E-state index in [1.807, 2.05) is 7.05 Å². The predicted octanol–water partition coefficient (Wildman–Crippen LogP) is -0.0312. The molecule has 0 spiro atoms. The van der Waals surface area contributed by atoms with Crippen LogP contribution in [0.2, 0.25) is 0 Å². The summed E-state index contributed by atoms with van der Waals surface area (Å²) in [6.07, 6.45) is 5.25. The van der Waals surface area contributed by atoms with Gasteiger partial charge in [0, 0.05) is 13.6 Å². The largest absolute Gasteiger partial charge is 0.367 e. The Morgan fingerprint density at radius 3 is 3.11 bits per heavy atom. The average Bonchev–Trinajstić information content (AvgIpc) is 1.93. The summed E-state index contributed by atoms with van der Waals surface area (Å²) in [6, 6.07) is 0. The summed E-state index contributed by atoms with van der Waals surface area (Å²) in [5.74, 6) is 5.58. The molecular formula is C6H13N3. The lowest BCUT2D eigenvalue weighted by molar-refractivity contribution is 0.206. The minimum absolute atomic E-state index is 0.830. The Bertz CT molecular complexity index is 111. The summed E-state index contributed by atoms with van der Waals surface area (Å²) < 4.78 is 0. The third-order valence-corrected chi connectivity index (χ3v) is 1.35. The fourth-order valence-electron chi connectivity index (χ4n) is 0.899. The Morgan fingerprint density at radius 2 is 2.33 bits per heavy atom. The van der Waals surface area contributed by atoms with Gasteiger partial charge in [0.05, 0.1) is 6.67 Å². The Morgan fingerprint density at radius 1 is 1.56 bits per heavy atom. The van der Waals surface area contributed by atoms with Crippen molar-refractivity contribution in [2.24, 2.45) is 5.84 Å². The normalized spacial score (nSPS) is 22.2. The lowest BCUT2D eigenvalue weighted by Gasteiger charge is -2.18. The molecule has 3 heteroatoms. The third-order valence-electron chi connectivity index (χ3n) is 1.35. The molecule has 1 heterocycles. The molecule has 0 aromatic rings. The zero-order valence-corrected chi connectivity index (χ0v) is 5.75. The lowest BCUT2D eigenvalue weighted by atomic mass is 10.4. The third kappa shape index (κ3) is 2.03. The van der Waals surface area contributed by atoms with Crippen molar-refractivity contribution in [2.75, 3.05) is 20.3 Å². The number of hydrogen-bond acceptors (Lipinski definition) is 3. The fourth-order valence-corrected chi connectivity index (χ4v) is 0.899. The molecule has 1 aliphatic rings. The van der Waals surface area contributed by atoms with Crippen molar-refractivity contribution in [1.29, 1.82) is 0 Å². The molecule has 0 aliphatic carbocycles. The lowest BCUT2D eigenvalue weighted by Crippen LogP contribution is -2.37. The minimum atomic E-state index is 0.830. The van der Waals surface area contributed by atoms with Crippen molar-refractivity contribution in [2.45, 2.75) is 6.42 Å². The Hall–Kier alpha value is -0.540. The monoisotopic (exact) mass is 127 g/mol. The second-order valence-electron chi connectivity index (χ2n) is 2.38. The molecule has 3 nitrogen and oxygen atoms in total. The van der Waals surface area contributed by atoms with Crippen LogP contribution in [0.3, 0.4) is 0 Å². The molecular weight excluding hydrogens is 114 g/mol. The summed E-state index contributed by atoms with van der Waals surface area (Å²) in [7, 11) is 2.02. The van der Waals surface area contributed by atoms with E-state index in [9.17, 15) is 0 Å². The molecule has 0 bridgehead atoms. The molecule has 0 atom stereocenters. The second kappa shape index (κ2) is 2.85. The maximum absolute atomic E-state index is 5.58. The quantitative estimate of drug-likeness (QED) is 0.464. The highest BCUT2D eigenvalue weighted by Gasteiger charge is 2.01. The van der Waals surface area contributed by atoms with E-state index in [-0.39, 0.29) is 0 Å².